The van der Waals surface area contributed by atoms with Crippen LogP contribution in [0.15, 0.2) is 24.3 Å². The lowest BCUT2D eigenvalue weighted by Crippen LogP contribution is -2.44. The molecule has 0 spiro atoms. The van der Waals surface area contributed by atoms with Gasteiger partial charge in [0.25, 0.3) is 0 Å². The van der Waals surface area contributed by atoms with E-state index in [1.54, 1.807) is 0 Å². The van der Waals surface area contributed by atoms with E-state index in [1.807, 2.05) is 49.9 Å². The van der Waals surface area contributed by atoms with Gasteiger partial charge in [-0.2, -0.15) is 0 Å². The number of amides is 2. The highest BCUT2D eigenvalue weighted by molar-refractivity contribution is 6.30. The van der Waals surface area contributed by atoms with Gasteiger partial charge in [0, 0.05) is 30.1 Å². The van der Waals surface area contributed by atoms with Crippen LogP contribution in [0.3, 0.4) is 0 Å². The summed E-state index contributed by atoms with van der Waals surface area (Å²) in [7, 11) is 0. The van der Waals surface area contributed by atoms with Crippen LogP contribution in [-0.4, -0.2) is 54.8 Å². The fourth-order valence-electron chi connectivity index (χ4n) is 4.00. The third-order valence-electron chi connectivity index (χ3n) is 5.22. The summed E-state index contributed by atoms with van der Waals surface area (Å²) >= 11 is 6.04. The zero-order chi connectivity index (χ0) is 20.3. The molecule has 1 aromatic carbocycles. The van der Waals surface area contributed by atoms with E-state index in [4.69, 9.17) is 21.1 Å². The Morgan fingerprint density at radius 3 is 2.39 bits per heavy atom. The number of morpholine rings is 1. The summed E-state index contributed by atoms with van der Waals surface area (Å²) in [6, 6.07) is 7.54. The van der Waals surface area contributed by atoms with Gasteiger partial charge in [-0.25, -0.2) is 4.79 Å². The molecule has 0 aromatic heterocycles. The summed E-state index contributed by atoms with van der Waals surface area (Å²) in [5, 5.41) is 3.62. The molecular formula is C21H29ClN2O4. The van der Waals surface area contributed by atoms with Crippen molar-refractivity contribution >= 4 is 23.6 Å². The Morgan fingerprint density at radius 1 is 1.14 bits per heavy atom. The standard InChI is InChI=1S/C21H29ClN2O4/c1-21(2,3)28-20(26)23-16-12-17(14-4-6-15(22)7-5-14)18(13-16)19(25)24-8-10-27-11-9-24/h4-7,16-18H,8-13H2,1-3H3,(H,23,26)/t16-,17+,18-/m1/s1. The van der Waals surface area contributed by atoms with Gasteiger partial charge in [-0.05, 0) is 57.2 Å². The van der Waals surface area contributed by atoms with Crippen molar-refractivity contribution in [3.05, 3.63) is 34.9 Å². The predicted molar refractivity (Wildman–Crippen MR) is 107 cm³/mol. The van der Waals surface area contributed by atoms with Crippen LogP contribution in [-0.2, 0) is 14.3 Å². The maximum atomic E-state index is 13.2. The first-order valence-corrected chi connectivity index (χ1v) is 10.2. The van der Waals surface area contributed by atoms with Crippen molar-refractivity contribution in [2.24, 2.45) is 5.92 Å². The van der Waals surface area contributed by atoms with E-state index in [-0.39, 0.29) is 23.8 Å². The van der Waals surface area contributed by atoms with Crippen LogP contribution < -0.4 is 5.32 Å². The smallest absolute Gasteiger partial charge is 0.407 e. The number of halogens is 1. The maximum absolute atomic E-state index is 13.2. The minimum atomic E-state index is -0.554. The zero-order valence-corrected chi connectivity index (χ0v) is 17.5. The monoisotopic (exact) mass is 408 g/mol. The van der Waals surface area contributed by atoms with Crippen LogP contribution in [0.5, 0.6) is 0 Å². The van der Waals surface area contributed by atoms with Crippen molar-refractivity contribution in [2.45, 2.75) is 51.2 Å². The number of hydrogen-bond acceptors (Lipinski definition) is 4. The van der Waals surface area contributed by atoms with Gasteiger partial charge >= 0.3 is 6.09 Å². The Kier molecular flexibility index (Phi) is 6.50. The molecule has 0 bridgehead atoms. The predicted octanol–water partition coefficient (Wildman–Crippen LogP) is 3.59. The van der Waals surface area contributed by atoms with E-state index in [0.29, 0.717) is 44.2 Å². The summed E-state index contributed by atoms with van der Waals surface area (Å²) in [6.45, 7) is 7.89. The lowest BCUT2D eigenvalue weighted by Gasteiger charge is -2.31. The molecule has 2 amide bonds. The molecule has 6 nitrogen and oxygen atoms in total. The lowest BCUT2D eigenvalue weighted by atomic mass is 9.88. The van der Waals surface area contributed by atoms with E-state index in [2.05, 4.69) is 5.32 Å². The van der Waals surface area contributed by atoms with Crippen molar-refractivity contribution in [3.63, 3.8) is 0 Å². The van der Waals surface area contributed by atoms with Gasteiger partial charge in [-0.3, -0.25) is 4.79 Å². The molecule has 1 N–H and O–H groups in total. The van der Waals surface area contributed by atoms with Gasteiger partial charge < -0.3 is 19.7 Å². The average molecular weight is 409 g/mol. The van der Waals surface area contributed by atoms with Gasteiger partial charge in [0.1, 0.15) is 5.60 Å². The van der Waals surface area contributed by atoms with Gasteiger partial charge in [-0.15, -0.1) is 0 Å². The topological polar surface area (TPSA) is 67.9 Å². The summed E-state index contributed by atoms with van der Waals surface area (Å²) in [5.74, 6) is -0.0106. The quantitative estimate of drug-likeness (QED) is 0.829. The molecule has 0 radical (unpaired) electrons. The first-order valence-electron chi connectivity index (χ1n) is 9.84. The Bertz CT molecular complexity index is 695. The average Bonchev–Trinajstić information content (AvgIpc) is 3.04. The van der Waals surface area contributed by atoms with E-state index in [1.165, 1.54) is 0 Å². The van der Waals surface area contributed by atoms with Crippen molar-refractivity contribution in [1.82, 2.24) is 10.2 Å². The molecule has 0 unspecified atom stereocenters. The summed E-state index contributed by atoms with van der Waals surface area (Å²) in [6.07, 6.45) is 0.858. The van der Waals surface area contributed by atoms with Crippen LogP contribution in [0.4, 0.5) is 4.79 Å². The number of nitrogens with one attached hydrogen (secondary N) is 1. The molecule has 1 saturated carbocycles. The minimum Gasteiger partial charge on any atom is -0.444 e. The molecule has 154 valence electrons. The van der Waals surface area contributed by atoms with Gasteiger partial charge in [0.2, 0.25) is 5.91 Å². The number of rotatable bonds is 3. The Hall–Kier alpha value is -1.79. The largest absolute Gasteiger partial charge is 0.444 e. The third kappa shape index (κ3) is 5.39. The SMILES string of the molecule is CC(C)(C)OC(=O)N[C@H]1C[C@@H](C(=O)N2CCOCC2)[C@H](c2ccc(Cl)cc2)C1. The van der Waals surface area contributed by atoms with Crippen LogP contribution in [0.1, 0.15) is 45.1 Å². The minimum absolute atomic E-state index is 0.0348. The van der Waals surface area contributed by atoms with Crippen molar-refractivity contribution < 1.29 is 19.1 Å². The molecule has 7 heteroatoms. The Morgan fingerprint density at radius 2 is 1.79 bits per heavy atom. The molecule has 2 aliphatic rings. The van der Waals surface area contributed by atoms with E-state index >= 15 is 0 Å². The molecule has 3 rings (SSSR count). The normalized spacial score (nSPS) is 25.4. The van der Waals surface area contributed by atoms with Crippen molar-refractivity contribution in [2.75, 3.05) is 26.3 Å². The summed E-state index contributed by atoms with van der Waals surface area (Å²) < 4.78 is 10.8. The van der Waals surface area contributed by atoms with E-state index in [9.17, 15) is 9.59 Å². The number of benzene rings is 1. The van der Waals surface area contributed by atoms with Crippen LogP contribution in [0, 0.1) is 5.92 Å². The zero-order valence-electron chi connectivity index (χ0n) is 16.7. The molecule has 1 aromatic rings. The van der Waals surface area contributed by atoms with E-state index in [0.717, 1.165) is 5.56 Å². The number of carbonyl (C=O) groups is 2. The van der Waals surface area contributed by atoms with E-state index < -0.39 is 11.7 Å². The number of carbonyl (C=O) groups excluding carboxylic acids is 2. The summed E-state index contributed by atoms with van der Waals surface area (Å²) in [5.41, 5.74) is 0.519. The second-order valence-electron chi connectivity index (χ2n) is 8.52. The number of alkyl carbamates (subject to hydrolysis) is 1. The van der Waals surface area contributed by atoms with Crippen LogP contribution >= 0.6 is 11.6 Å². The molecular weight excluding hydrogens is 380 g/mol. The van der Waals surface area contributed by atoms with Crippen LogP contribution in [0.2, 0.25) is 5.02 Å². The number of hydrogen-bond donors (Lipinski definition) is 1. The van der Waals surface area contributed by atoms with Crippen molar-refractivity contribution in [3.8, 4) is 0 Å². The molecule has 2 fully saturated rings. The molecule has 1 aliphatic carbocycles. The first-order chi connectivity index (χ1) is 13.2. The maximum Gasteiger partial charge on any atom is 0.407 e. The third-order valence-corrected chi connectivity index (χ3v) is 5.47. The highest BCUT2D eigenvalue weighted by Crippen LogP contribution is 2.41. The van der Waals surface area contributed by atoms with Gasteiger partial charge in [-0.1, -0.05) is 23.7 Å². The molecule has 28 heavy (non-hydrogen) atoms. The summed E-state index contributed by atoms with van der Waals surface area (Å²) in [4.78, 5) is 27.3. The molecule has 1 saturated heterocycles. The molecule has 3 atom stereocenters. The van der Waals surface area contributed by atoms with Gasteiger partial charge in [0.05, 0.1) is 13.2 Å². The fraction of sp³-hybridized carbons (Fsp3) is 0.619. The Balaban J connectivity index is 1.75. The first kappa shape index (κ1) is 20.9. The second-order valence-corrected chi connectivity index (χ2v) is 8.95. The molecule has 1 heterocycles. The number of nitrogens with zero attached hydrogens (tertiary/aromatic N) is 1. The highest BCUT2D eigenvalue weighted by atomic mass is 35.5. The highest BCUT2D eigenvalue weighted by Gasteiger charge is 2.42. The second kappa shape index (κ2) is 8.70. The number of ether oxygens (including phenoxy) is 2. The van der Waals surface area contributed by atoms with Crippen LogP contribution in [0.25, 0.3) is 0 Å². The fourth-order valence-corrected chi connectivity index (χ4v) is 4.13. The Labute approximate surface area is 171 Å². The van der Waals surface area contributed by atoms with Gasteiger partial charge in [0.15, 0.2) is 0 Å². The lowest BCUT2D eigenvalue weighted by molar-refractivity contribution is -0.140. The van der Waals surface area contributed by atoms with Crippen molar-refractivity contribution in [1.29, 1.82) is 0 Å². The molecule has 1 aliphatic heterocycles.